The van der Waals surface area contributed by atoms with Crippen molar-refractivity contribution in [3.05, 3.63) is 53.6 Å². The molecule has 1 aliphatic heterocycles. The number of carbonyl (C=O) groups excluding carboxylic acids is 2. The van der Waals surface area contributed by atoms with Gasteiger partial charge in [0.25, 0.3) is 0 Å². The monoisotopic (exact) mass is 359 g/mol. The van der Waals surface area contributed by atoms with E-state index in [1.54, 1.807) is 17.9 Å². The van der Waals surface area contributed by atoms with Crippen molar-refractivity contribution in [2.24, 2.45) is 0 Å². The third-order valence-corrected chi connectivity index (χ3v) is 4.32. The van der Waals surface area contributed by atoms with Crippen molar-refractivity contribution in [3.8, 4) is 0 Å². The second-order valence-corrected chi connectivity index (χ2v) is 6.24. The minimum absolute atomic E-state index is 0.00525. The van der Waals surface area contributed by atoms with E-state index < -0.39 is 23.6 Å². The lowest BCUT2D eigenvalue weighted by Gasteiger charge is -2.18. The first-order valence-electron chi connectivity index (χ1n) is 8.28. The Morgan fingerprint density at radius 1 is 1.15 bits per heavy atom. The fourth-order valence-corrected chi connectivity index (χ4v) is 2.97. The van der Waals surface area contributed by atoms with E-state index in [1.165, 1.54) is 6.92 Å². The molecule has 136 valence electrons. The van der Waals surface area contributed by atoms with Crippen LogP contribution < -0.4 is 15.5 Å². The van der Waals surface area contributed by atoms with Gasteiger partial charge in [-0.3, -0.25) is 9.59 Å². The van der Waals surface area contributed by atoms with Crippen LogP contribution >= 0.6 is 0 Å². The van der Waals surface area contributed by atoms with Crippen LogP contribution in [0.25, 0.3) is 0 Å². The van der Waals surface area contributed by atoms with Gasteiger partial charge in [-0.1, -0.05) is 0 Å². The van der Waals surface area contributed by atoms with Gasteiger partial charge >= 0.3 is 0 Å². The topological polar surface area (TPSA) is 61.4 Å². The highest BCUT2D eigenvalue weighted by Gasteiger charge is 2.23. The zero-order valence-corrected chi connectivity index (χ0v) is 14.5. The van der Waals surface area contributed by atoms with Crippen LogP contribution in [0.3, 0.4) is 0 Å². The van der Waals surface area contributed by atoms with Crippen LogP contribution in [0, 0.1) is 11.6 Å². The van der Waals surface area contributed by atoms with Crippen molar-refractivity contribution in [2.75, 3.05) is 22.1 Å². The Bertz CT molecular complexity index is 870. The number of nitrogens with one attached hydrogen (secondary N) is 2. The molecule has 2 aromatic carbocycles. The van der Waals surface area contributed by atoms with Gasteiger partial charge in [0.2, 0.25) is 11.8 Å². The molecule has 2 aromatic rings. The van der Waals surface area contributed by atoms with Gasteiger partial charge in [0.15, 0.2) is 0 Å². The van der Waals surface area contributed by atoms with Crippen LogP contribution in [-0.2, 0) is 16.0 Å². The fraction of sp³-hybridized carbons (Fsp3) is 0.263. The molecule has 0 aliphatic carbocycles. The van der Waals surface area contributed by atoms with Crippen LogP contribution in [0.15, 0.2) is 36.4 Å². The molecule has 0 bridgehead atoms. The Kier molecular flexibility index (Phi) is 4.88. The first-order valence-corrected chi connectivity index (χ1v) is 8.28. The Morgan fingerprint density at radius 2 is 1.92 bits per heavy atom. The quantitative estimate of drug-likeness (QED) is 0.880. The summed E-state index contributed by atoms with van der Waals surface area (Å²) in [4.78, 5) is 25.5. The van der Waals surface area contributed by atoms with E-state index in [1.807, 2.05) is 12.1 Å². The maximum absolute atomic E-state index is 13.6. The normalized spacial score (nSPS) is 13.9. The van der Waals surface area contributed by atoms with Crippen LogP contribution in [0.2, 0.25) is 0 Å². The maximum atomic E-state index is 13.6. The van der Waals surface area contributed by atoms with Gasteiger partial charge in [0.1, 0.15) is 17.7 Å². The fourth-order valence-electron chi connectivity index (χ4n) is 2.97. The second kappa shape index (κ2) is 7.11. The number of hydrogen-bond acceptors (Lipinski definition) is 3. The molecule has 0 unspecified atom stereocenters. The molecular formula is C19H19F2N3O2. The highest BCUT2D eigenvalue weighted by molar-refractivity contribution is 5.97. The zero-order chi connectivity index (χ0) is 18.8. The summed E-state index contributed by atoms with van der Waals surface area (Å²) in [6.45, 7) is 3.80. The predicted molar refractivity (Wildman–Crippen MR) is 96.2 cm³/mol. The Balaban J connectivity index is 1.68. The molecule has 3 rings (SSSR count). The summed E-state index contributed by atoms with van der Waals surface area (Å²) in [5, 5.41) is 5.41. The van der Waals surface area contributed by atoms with E-state index >= 15 is 0 Å². The van der Waals surface area contributed by atoms with Gasteiger partial charge in [0.05, 0.1) is 5.69 Å². The third-order valence-electron chi connectivity index (χ3n) is 4.32. The maximum Gasteiger partial charge on any atom is 0.246 e. The average molecular weight is 359 g/mol. The number of amides is 2. The summed E-state index contributed by atoms with van der Waals surface area (Å²) in [5.41, 5.74) is 2.42. The largest absolute Gasteiger partial charge is 0.374 e. The second-order valence-electron chi connectivity index (χ2n) is 6.24. The molecule has 7 heteroatoms. The number of rotatable bonds is 4. The first kappa shape index (κ1) is 17.8. The lowest BCUT2D eigenvalue weighted by Crippen LogP contribution is -2.32. The molecule has 0 fully saturated rings. The van der Waals surface area contributed by atoms with E-state index in [0.717, 1.165) is 41.6 Å². The predicted octanol–water partition coefficient (Wildman–Crippen LogP) is 3.31. The summed E-state index contributed by atoms with van der Waals surface area (Å²) in [5.74, 6) is -1.82. The van der Waals surface area contributed by atoms with E-state index in [4.69, 9.17) is 0 Å². The summed E-state index contributed by atoms with van der Waals surface area (Å²) in [7, 11) is 0. The molecule has 5 nitrogen and oxygen atoms in total. The highest BCUT2D eigenvalue weighted by atomic mass is 19.1. The number of fused-ring (bicyclic) bond motifs is 1. The first-order chi connectivity index (χ1) is 12.3. The van der Waals surface area contributed by atoms with Crippen molar-refractivity contribution in [1.82, 2.24) is 0 Å². The van der Waals surface area contributed by atoms with Gasteiger partial charge in [-0.15, -0.1) is 0 Å². The summed E-state index contributed by atoms with van der Waals surface area (Å²) in [6, 6.07) is 7.74. The molecule has 1 atom stereocenters. The Labute approximate surface area is 150 Å². The van der Waals surface area contributed by atoms with Crippen LogP contribution in [0.1, 0.15) is 19.4 Å². The van der Waals surface area contributed by atoms with E-state index in [-0.39, 0.29) is 11.6 Å². The van der Waals surface area contributed by atoms with Crippen molar-refractivity contribution in [2.45, 2.75) is 26.3 Å². The molecule has 1 aliphatic rings. The summed E-state index contributed by atoms with van der Waals surface area (Å²) < 4.78 is 26.8. The number of anilines is 3. The van der Waals surface area contributed by atoms with Crippen molar-refractivity contribution < 1.29 is 18.4 Å². The molecule has 0 saturated heterocycles. The van der Waals surface area contributed by atoms with Crippen LogP contribution in [-0.4, -0.2) is 24.4 Å². The molecule has 0 saturated carbocycles. The smallest absolute Gasteiger partial charge is 0.246 e. The molecular weight excluding hydrogens is 340 g/mol. The number of halogens is 2. The van der Waals surface area contributed by atoms with Crippen molar-refractivity contribution >= 4 is 28.9 Å². The minimum Gasteiger partial charge on any atom is -0.374 e. The van der Waals surface area contributed by atoms with Gasteiger partial charge in [0, 0.05) is 30.9 Å². The third kappa shape index (κ3) is 3.66. The van der Waals surface area contributed by atoms with Gasteiger partial charge in [-0.2, -0.15) is 0 Å². The van der Waals surface area contributed by atoms with Gasteiger partial charge in [-0.05, 0) is 49.2 Å². The minimum atomic E-state index is -0.700. The molecule has 2 amide bonds. The van der Waals surface area contributed by atoms with E-state index in [2.05, 4.69) is 10.6 Å². The number of benzene rings is 2. The summed E-state index contributed by atoms with van der Waals surface area (Å²) >= 11 is 0. The average Bonchev–Trinajstić information content (AvgIpc) is 3.01. The lowest BCUT2D eigenvalue weighted by atomic mass is 10.1. The number of nitrogens with zero attached hydrogens (tertiary/aromatic N) is 1. The lowest BCUT2D eigenvalue weighted by molar-refractivity contribution is -0.117. The SMILES string of the molecule is CC(=O)N1CCc2cc(N[C@@H](C)C(=O)Nc3cc(F)ccc3F)ccc21. The Morgan fingerprint density at radius 3 is 2.65 bits per heavy atom. The molecule has 26 heavy (non-hydrogen) atoms. The van der Waals surface area contributed by atoms with Crippen LogP contribution in [0.4, 0.5) is 25.8 Å². The van der Waals surface area contributed by atoms with Crippen molar-refractivity contribution in [1.29, 1.82) is 0 Å². The zero-order valence-electron chi connectivity index (χ0n) is 14.5. The molecule has 2 N–H and O–H groups in total. The van der Waals surface area contributed by atoms with Crippen molar-refractivity contribution in [3.63, 3.8) is 0 Å². The van der Waals surface area contributed by atoms with E-state index in [0.29, 0.717) is 6.54 Å². The number of hydrogen-bond donors (Lipinski definition) is 2. The molecule has 0 radical (unpaired) electrons. The van der Waals surface area contributed by atoms with E-state index in [9.17, 15) is 18.4 Å². The molecule has 0 spiro atoms. The number of carbonyl (C=O) groups is 2. The van der Waals surface area contributed by atoms with Gasteiger partial charge in [-0.25, -0.2) is 8.78 Å². The van der Waals surface area contributed by atoms with Gasteiger partial charge < -0.3 is 15.5 Å². The highest BCUT2D eigenvalue weighted by Crippen LogP contribution is 2.30. The molecule has 1 heterocycles. The molecule has 0 aromatic heterocycles. The summed E-state index contributed by atoms with van der Waals surface area (Å²) in [6.07, 6.45) is 0.750. The Hall–Kier alpha value is -2.96. The standard InChI is InChI=1S/C19H19F2N3O2/c1-11(19(26)23-17-10-14(20)3-5-16(17)21)22-15-4-6-18-13(9-15)7-8-24(18)12(2)25/h3-6,9-11,22H,7-8H2,1-2H3,(H,23,26)/t11-/m0/s1. The van der Waals surface area contributed by atoms with Crippen LogP contribution in [0.5, 0.6) is 0 Å².